The monoisotopic (exact) mass is 467 g/mol. The molecule has 1 atom stereocenters. The van der Waals surface area contributed by atoms with Crippen LogP contribution in [0.2, 0.25) is 5.02 Å². The van der Waals surface area contributed by atoms with Crippen LogP contribution >= 0.6 is 11.6 Å². The lowest BCUT2D eigenvalue weighted by atomic mass is 9.85. The van der Waals surface area contributed by atoms with Crippen molar-refractivity contribution in [3.63, 3.8) is 0 Å². The maximum atomic E-state index is 13.6. The van der Waals surface area contributed by atoms with Gasteiger partial charge in [0.05, 0.1) is 18.8 Å². The topological polar surface area (TPSA) is 97.1 Å². The SMILES string of the molecule is CC(C)(C)c1cc2c(cc1Cl)C=C(C(=O)OCCOCCO[N+](=O)[O-])[C@@H](C(F)(F)F)O2. The molecule has 1 aliphatic heterocycles. The Morgan fingerprint density at radius 3 is 2.42 bits per heavy atom. The third kappa shape index (κ3) is 6.73. The summed E-state index contributed by atoms with van der Waals surface area (Å²) in [5, 5.41) is 9.31. The minimum absolute atomic E-state index is 0.0395. The largest absolute Gasteiger partial charge is 0.475 e. The second-order valence-electron chi connectivity index (χ2n) is 7.56. The number of halogens is 4. The van der Waals surface area contributed by atoms with E-state index in [9.17, 15) is 28.1 Å². The molecule has 1 aliphatic rings. The minimum Gasteiger partial charge on any atom is -0.475 e. The summed E-state index contributed by atoms with van der Waals surface area (Å²) in [5.74, 6) is -1.27. The zero-order valence-corrected chi connectivity index (χ0v) is 17.7. The van der Waals surface area contributed by atoms with Crippen LogP contribution in [0.4, 0.5) is 13.2 Å². The molecule has 0 N–H and O–H groups in total. The Bertz CT molecular complexity index is 865. The first-order valence-electron chi connectivity index (χ1n) is 9.12. The Morgan fingerprint density at radius 2 is 1.84 bits per heavy atom. The molecule has 0 saturated heterocycles. The lowest BCUT2D eigenvalue weighted by Gasteiger charge is -2.30. The summed E-state index contributed by atoms with van der Waals surface area (Å²) in [6, 6.07) is 2.88. The van der Waals surface area contributed by atoms with Gasteiger partial charge in [-0.15, -0.1) is 10.1 Å². The van der Waals surface area contributed by atoms with Crippen LogP contribution in [0.25, 0.3) is 6.08 Å². The van der Waals surface area contributed by atoms with E-state index in [-0.39, 0.29) is 37.7 Å². The fourth-order valence-corrected chi connectivity index (χ4v) is 3.21. The standard InChI is InChI=1S/C19H21ClF3NO7/c1-18(2,3)13-10-15-11(9-14(13)20)8-12(16(31-15)19(21,22)23)17(25)29-6-4-28-5-7-30-24(26)27/h8-10,16H,4-7H2,1-3H3/t16-/m0/s1. The van der Waals surface area contributed by atoms with E-state index in [4.69, 9.17) is 25.8 Å². The van der Waals surface area contributed by atoms with Crippen LogP contribution in [-0.4, -0.2) is 49.8 Å². The number of fused-ring (bicyclic) bond motifs is 1. The van der Waals surface area contributed by atoms with Gasteiger partial charge in [-0.05, 0) is 29.2 Å². The summed E-state index contributed by atoms with van der Waals surface area (Å²) in [6.45, 7) is 4.53. The molecule has 0 unspecified atom stereocenters. The number of benzene rings is 1. The van der Waals surface area contributed by atoms with Gasteiger partial charge in [-0.1, -0.05) is 32.4 Å². The predicted molar refractivity (Wildman–Crippen MR) is 103 cm³/mol. The highest BCUT2D eigenvalue weighted by Gasteiger charge is 2.49. The van der Waals surface area contributed by atoms with Crippen molar-refractivity contribution in [2.45, 2.75) is 38.5 Å². The molecule has 1 heterocycles. The second-order valence-corrected chi connectivity index (χ2v) is 7.97. The molecular formula is C19H21ClF3NO7. The van der Waals surface area contributed by atoms with Crippen molar-refractivity contribution in [2.75, 3.05) is 26.4 Å². The van der Waals surface area contributed by atoms with Crippen molar-refractivity contribution in [3.05, 3.63) is 44.0 Å². The first kappa shape index (κ1) is 24.7. The van der Waals surface area contributed by atoms with Crippen LogP contribution in [-0.2, 0) is 24.5 Å². The molecule has 0 fully saturated rings. The molecule has 8 nitrogen and oxygen atoms in total. The molecule has 0 spiro atoms. The first-order chi connectivity index (χ1) is 14.3. The predicted octanol–water partition coefficient (Wildman–Crippen LogP) is 4.11. The molecule has 1 aromatic rings. The van der Waals surface area contributed by atoms with E-state index in [1.165, 1.54) is 12.1 Å². The van der Waals surface area contributed by atoms with Gasteiger partial charge in [0.1, 0.15) is 19.0 Å². The maximum Gasteiger partial charge on any atom is 0.430 e. The number of carbonyl (C=O) groups is 1. The lowest BCUT2D eigenvalue weighted by Crippen LogP contribution is -2.41. The Hall–Kier alpha value is -2.53. The lowest BCUT2D eigenvalue weighted by molar-refractivity contribution is -0.758. The number of ether oxygens (including phenoxy) is 3. The van der Waals surface area contributed by atoms with Gasteiger partial charge in [-0.3, -0.25) is 0 Å². The van der Waals surface area contributed by atoms with Crippen molar-refractivity contribution in [1.82, 2.24) is 0 Å². The van der Waals surface area contributed by atoms with E-state index in [2.05, 4.69) is 4.84 Å². The number of esters is 1. The number of rotatable bonds is 8. The quantitative estimate of drug-likeness (QED) is 0.245. The molecule has 0 aliphatic carbocycles. The number of hydrogen-bond donors (Lipinski definition) is 0. The summed E-state index contributed by atoms with van der Waals surface area (Å²) in [5.41, 5.74) is -0.335. The maximum absolute atomic E-state index is 13.6. The second kappa shape index (κ2) is 9.73. The molecule has 0 amide bonds. The fourth-order valence-electron chi connectivity index (χ4n) is 2.75. The van der Waals surface area contributed by atoms with Gasteiger partial charge in [-0.2, -0.15) is 13.2 Å². The van der Waals surface area contributed by atoms with Crippen LogP contribution in [0.5, 0.6) is 5.75 Å². The van der Waals surface area contributed by atoms with E-state index in [0.29, 0.717) is 10.6 Å². The van der Waals surface area contributed by atoms with Crippen LogP contribution < -0.4 is 4.74 Å². The summed E-state index contributed by atoms with van der Waals surface area (Å²) in [7, 11) is 0. The molecule has 0 radical (unpaired) electrons. The van der Waals surface area contributed by atoms with Crippen LogP contribution in [0.15, 0.2) is 17.7 Å². The molecule has 0 saturated carbocycles. The molecule has 1 aromatic carbocycles. The van der Waals surface area contributed by atoms with Gasteiger partial charge in [0.25, 0.3) is 5.09 Å². The summed E-state index contributed by atoms with van der Waals surface area (Å²) in [6.07, 6.45) is -6.32. The number of hydrogen-bond acceptors (Lipinski definition) is 7. The summed E-state index contributed by atoms with van der Waals surface area (Å²) in [4.78, 5) is 26.3. The highest BCUT2D eigenvalue weighted by molar-refractivity contribution is 6.31. The third-order valence-corrected chi connectivity index (χ3v) is 4.48. The van der Waals surface area contributed by atoms with E-state index < -0.39 is 34.3 Å². The Balaban J connectivity index is 2.14. The Labute approximate surface area is 181 Å². The van der Waals surface area contributed by atoms with Crippen LogP contribution in [0, 0.1) is 10.1 Å². The zero-order valence-electron chi connectivity index (χ0n) is 17.0. The zero-order chi connectivity index (χ0) is 23.4. The van der Waals surface area contributed by atoms with E-state index in [1.807, 2.05) is 20.8 Å². The summed E-state index contributed by atoms with van der Waals surface area (Å²) >= 11 is 6.27. The van der Waals surface area contributed by atoms with Gasteiger partial charge < -0.3 is 19.0 Å². The van der Waals surface area contributed by atoms with Crippen molar-refractivity contribution in [1.29, 1.82) is 0 Å². The molecular weight excluding hydrogens is 447 g/mol. The molecule has 172 valence electrons. The van der Waals surface area contributed by atoms with Gasteiger partial charge in [0.15, 0.2) is 0 Å². The number of alkyl halides is 3. The van der Waals surface area contributed by atoms with Gasteiger partial charge in [0, 0.05) is 10.6 Å². The normalized spacial score (nSPS) is 16.1. The highest BCUT2D eigenvalue weighted by atomic mass is 35.5. The number of carbonyl (C=O) groups excluding carboxylic acids is 1. The Morgan fingerprint density at radius 1 is 1.19 bits per heavy atom. The Kier molecular flexibility index (Phi) is 7.77. The van der Waals surface area contributed by atoms with Crippen molar-refractivity contribution < 1.29 is 42.1 Å². The van der Waals surface area contributed by atoms with Gasteiger partial charge in [0.2, 0.25) is 6.10 Å². The van der Waals surface area contributed by atoms with E-state index >= 15 is 0 Å². The van der Waals surface area contributed by atoms with Crippen molar-refractivity contribution in [3.8, 4) is 5.75 Å². The third-order valence-electron chi connectivity index (χ3n) is 4.16. The number of nitrogens with zero attached hydrogens (tertiary/aromatic N) is 1. The average molecular weight is 468 g/mol. The minimum atomic E-state index is -4.86. The van der Waals surface area contributed by atoms with Gasteiger partial charge >= 0.3 is 12.1 Å². The summed E-state index contributed by atoms with van der Waals surface area (Å²) < 4.78 is 55.6. The van der Waals surface area contributed by atoms with E-state index in [1.54, 1.807) is 0 Å². The molecule has 31 heavy (non-hydrogen) atoms. The van der Waals surface area contributed by atoms with Gasteiger partial charge in [-0.25, -0.2) is 4.79 Å². The van der Waals surface area contributed by atoms with Crippen LogP contribution in [0.1, 0.15) is 31.9 Å². The van der Waals surface area contributed by atoms with Crippen LogP contribution in [0.3, 0.4) is 0 Å². The molecule has 0 bridgehead atoms. The molecule has 0 aromatic heterocycles. The smallest absolute Gasteiger partial charge is 0.430 e. The highest BCUT2D eigenvalue weighted by Crippen LogP contribution is 2.42. The van der Waals surface area contributed by atoms with Crippen molar-refractivity contribution >= 4 is 23.6 Å². The van der Waals surface area contributed by atoms with E-state index in [0.717, 1.165) is 6.08 Å². The fraction of sp³-hybridized carbons (Fsp3) is 0.526. The molecule has 12 heteroatoms. The first-order valence-corrected chi connectivity index (χ1v) is 9.49. The van der Waals surface area contributed by atoms with Crippen molar-refractivity contribution in [2.24, 2.45) is 0 Å². The molecule has 2 rings (SSSR count). The average Bonchev–Trinajstić information content (AvgIpc) is 2.63.